The summed E-state index contributed by atoms with van der Waals surface area (Å²) in [6, 6.07) is 44.6. The molecule has 0 radical (unpaired) electrons. The number of hydrogen-bond acceptors (Lipinski definition) is 6. The molecule has 0 bridgehead atoms. The first-order valence-electron chi connectivity index (χ1n) is 15.7. The van der Waals surface area contributed by atoms with Gasteiger partial charge >= 0.3 is 7.12 Å². The fourth-order valence-corrected chi connectivity index (χ4v) is 5.61. The van der Waals surface area contributed by atoms with Gasteiger partial charge in [0.1, 0.15) is 0 Å². The highest BCUT2D eigenvalue weighted by atomic mass is 16.7. The number of hydrogen-bond donors (Lipinski definition) is 0. The third kappa shape index (κ3) is 6.09. The molecule has 1 aromatic heterocycles. The predicted octanol–water partition coefficient (Wildman–Crippen LogP) is 8.38. The standard InChI is InChI=1S/C40H33BN4O2/c1-39(2)40(3,4)47-41(46-39)35-20-18-30(19-21-35)36-43-37(31-17-11-12-27(22-31)26-42)45-38(44-36)34-24-32(28-13-7-5-8-14-28)23-33(25-34)29-15-9-6-10-16-29/h5-25H,1-4H3. The lowest BCUT2D eigenvalue weighted by Gasteiger charge is -2.32. The zero-order valence-corrected chi connectivity index (χ0v) is 26.8. The molecule has 0 saturated carbocycles. The Morgan fingerprint density at radius 2 is 0.957 bits per heavy atom. The SMILES string of the molecule is CC1(C)OB(c2ccc(-c3nc(-c4cccc(C#N)c4)nc(-c4cc(-c5ccccc5)cc(-c5ccccc5)c4)n3)cc2)OC1(C)C. The van der Waals surface area contributed by atoms with E-state index in [0.717, 1.165) is 44.4 Å². The third-order valence-electron chi connectivity index (χ3n) is 8.99. The van der Waals surface area contributed by atoms with Crippen LogP contribution in [0.5, 0.6) is 0 Å². The second-order valence-electron chi connectivity index (χ2n) is 12.7. The van der Waals surface area contributed by atoms with E-state index >= 15 is 0 Å². The van der Waals surface area contributed by atoms with E-state index in [2.05, 4.69) is 48.5 Å². The fourth-order valence-electron chi connectivity index (χ4n) is 5.61. The van der Waals surface area contributed by atoms with Crippen LogP contribution in [0.4, 0.5) is 0 Å². The van der Waals surface area contributed by atoms with Crippen molar-refractivity contribution in [1.82, 2.24) is 15.0 Å². The highest BCUT2D eigenvalue weighted by Crippen LogP contribution is 2.37. The van der Waals surface area contributed by atoms with Crippen LogP contribution < -0.4 is 5.46 Å². The molecular weight excluding hydrogens is 579 g/mol. The molecule has 0 aliphatic carbocycles. The van der Waals surface area contributed by atoms with E-state index in [1.165, 1.54) is 0 Å². The molecule has 1 saturated heterocycles. The van der Waals surface area contributed by atoms with Crippen LogP contribution in [0.1, 0.15) is 33.3 Å². The van der Waals surface area contributed by atoms with E-state index in [9.17, 15) is 5.26 Å². The molecule has 1 aliphatic rings. The molecule has 7 rings (SSSR count). The van der Waals surface area contributed by atoms with Crippen molar-refractivity contribution in [2.24, 2.45) is 0 Å². The molecular formula is C40H33BN4O2. The summed E-state index contributed by atoms with van der Waals surface area (Å²) in [4.78, 5) is 14.9. The van der Waals surface area contributed by atoms with Gasteiger partial charge in [0.15, 0.2) is 17.5 Å². The van der Waals surface area contributed by atoms with Gasteiger partial charge in [-0.05, 0) is 85.7 Å². The maximum absolute atomic E-state index is 9.61. The molecule has 0 spiro atoms. The van der Waals surface area contributed by atoms with Gasteiger partial charge in [-0.2, -0.15) is 5.26 Å². The molecule has 1 aliphatic heterocycles. The first kappa shape index (κ1) is 30.3. The number of nitriles is 1. The highest BCUT2D eigenvalue weighted by Gasteiger charge is 2.51. The molecule has 1 fully saturated rings. The molecule has 5 aromatic carbocycles. The van der Waals surface area contributed by atoms with Gasteiger partial charge in [0, 0.05) is 16.7 Å². The largest absolute Gasteiger partial charge is 0.494 e. The summed E-state index contributed by atoms with van der Waals surface area (Å²) in [5, 5.41) is 9.61. The average molecular weight is 613 g/mol. The Labute approximate surface area is 275 Å². The summed E-state index contributed by atoms with van der Waals surface area (Å²) in [7, 11) is -0.468. The van der Waals surface area contributed by atoms with Crippen LogP contribution in [-0.4, -0.2) is 33.3 Å². The number of benzene rings is 5. The Bertz CT molecular complexity index is 2030. The van der Waals surface area contributed by atoms with Gasteiger partial charge in [0.05, 0.1) is 22.8 Å². The molecule has 6 nitrogen and oxygen atoms in total. The van der Waals surface area contributed by atoms with Gasteiger partial charge in [-0.15, -0.1) is 0 Å². The summed E-state index contributed by atoms with van der Waals surface area (Å²) in [5.74, 6) is 1.56. The minimum Gasteiger partial charge on any atom is -0.399 e. The third-order valence-corrected chi connectivity index (χ3v) is 8.99. The summed E-state index contributed by atoms with van der Waals surface area (Å²) in [6.07, 6.45) is 0. The van der Waals surface area contributed by atoms with Crippen molar-refractivity contribution in [3.63, 3.8) is 0 Å². The van der Waals surface area contributed by atoms with Crippen LogP contribution in [-0.2, 0) is 9.31 Å². The normalized spacial score (nSPS) is 14.9. The maximum Gasteiger partial charge on any atom is 0.494 e. The maximum atomic E-state index is 9.61. The van der Waals surface area contributed by atoms with E-state index in [1.54, 1.807) is 12.1 Å². The molecule has 0 atom stereocenters. The summed E-state index contributed by atoms with van der Waals surface area (Å²) < 4.78 is 12.6. The molecule has 6 aromatic rings. The lowest BCUT2D eigenvalue weighted by molar-refractivity contribution is 0.00578. The van der Waals surface area contributed by atoms with Crippen LogP contribution >= 0.6 is 0 Å². The lowest BCUT2D eigenvalue weighted by atomic mass is 9.79. The number of rotatable bonds is 6. The van der Waals surface area contributed by atoms with Gasteiger partial charge in [-0.1, -0.05) is 97.1 Å². The second kappa shape index (κ2) is 12.1. The minimum atomic E-state index is -0.468. The smallest absolute Gasteiger partial charge is 0.399 e. The average Bonchev–Trinajstić information content (AvgIpc) is 3.34. The Balaban J connectivity index is 1.36. The van der Waals surface area contributed by atoms with E-state index in [4.69, 9.17) is 24.3 Å². The highest BCUT2D eigenvalue weighted by molar-refractivity contribution is 6.62. The molecule has 0 amide bonds. The van der Waals surface area contributed by atoms with Crippen molar-refractivity contribution in [3.05, 3.63) is 133 Å². The summed E-state index contributed by atoms with van der Waals surface area (Å²) >= 11 is 0. The summed E-state index contributed by atoms with van der Waals surface area (Å²) in [6.45, 7) is 8.19. The molecule has 0 N–H and O–H groups in total. The van der Waals surface area contributed by atoms with E-state index in [0.29, 0.717) is 23.0 Å². The van der Waals surface area contributed by atoms with Crippen molar-refractivity contribution in [2.75, 3.05) is 0 Å². The van der Waals surface area contributed by atoms with Crippen LogP contribution in [0.15, 0.2) is 127 Å². The van der Waals surface area contributed by atoms with Gasteiger partial charge in [0.25, 0.3) is 0 Å². The van der Waals surface area contributed by atoms with Gasteiger partial charge < -0.3 is 9.31 Å². The van der Waals surface area contributed by atoms with E-state index in [1.807, 2.05) is 100 Å². The van der Waals surface area contributed by atoms with Gasteiger partial charge in [-0.25, -0.2) is 15.0 Å². The van der Waals surface area contributed by atoms with Crippen molar-refractivity contribution in [2.45, 2.75) is 38.9 Å². The molecule has 2 heterocycles. The minimum absolute atomic E-state index is 0.431. The van der Waals surface area contributed by atoms with Gasteiger partial charge in [-0.3, -0.25) is 0 Å². The first-order valence-corrected chi connectivity index (χ1v) is 15.7. The zero-order valence-electron chi connectivity index (χ0n) is 26.8. The van der Waals surface area contributed by atoms with Crippen LogP contribution in [0.3, 0.4) is 0 Å². The lowest BCUT2D eigenvalue weighted by Crippen LogP contribution is -2.41. The Morgan fingerprint density at radius 1 is 0.489 bits per heavy atom. The first-order chi connectivity index (χ1) is 22.7. The molecule has 47 heavy (non-hydrogen) atoms. The number of nitrogens with zero attached hydrogens (tertiary/aromatic N) is 4. The van der Waals surface area contributed by atoms with Gasteiger partial charge in [0.2, 0.25) is 0 Å². The summed E-state index contributed by atoms with van der Waals surface area (Å²) in [5.41, 5.74) is 7.34. The van der Waals surface area contributed by atoms with Crippen LogP contribution in [0, 0.1) is 11.3 Å². The Morgan fingerprint density at radius 3 is 1.49 bits per heavy atom. The molecule has 7 heteroatoms. The predicted molar refractivity (Wildman–Crippen MR) is 187 cm³/mol. The van der Waals surface area contributed by atoms with Crippen molar-refractivity contribution < 1.29 is 9.31 Å². The molecule has 228 valence electrons. The Hall–Kier alpha value is -5.42. The van der Waals surface area contributed by atoms with E-state index in [-0.39, 0.29) is 0 Å². The van der Waals surface area contributed by atoms with Crippen molar-refractivity contribution in [3.8, 4) is 62.5 Å². The van der Waals surface area contributed by atoms with Crippen molar-refractivity contribution in [1.29, 1.82) is 5.26 Å². The zero-order chi connectivity index (χ0) is 32.6. The second-order valence-corrected chi connectivity index (χ2v) is 12.7. The monoisotopic (exact) mass is 612 g/mol. The quantitative estimate of drug-likeness (QED) is 0.176. The van der Waals surface area contributed by atoms with E-state index < -0.39 is 18.3 Å². The number of aromatic nitrogens is 3. The van der Waals surface area contributed by atoms with Crippen LogP contribution in [0.25, 0.3) is 56.4 Å². The molecule has 0 unspecified atom stereocenters. The van der Waals surface area contributed by atoms with Crippen molar-refractivity contribution >= 4 is 12.6 Å². The fraction of sp³-hybridized carbons (Fsp3) is 0.150. The van der Waals surface area contributed by atoms with Crippen LogP contribution in [0.2, 0.25) is 0 Å². The topological polar surface area (TPSA) is 80.9 Å². The Kier molecular flexibility index (Phi) is 7.77.